The Labute approximate surface area is 141 Å². The highest BCUT2D eigenvalue weighted by Gasteiger charge is 2.12. The maximum absolute atomic E-state index is 12.1. The van der Waals surface area contributed by atoms with Crippen LogP contribution in [0.4, 0.5) is 5.69 Å². The quantitative estimate of drug-likeness (QED) is 0.885. The zero-order chi connectivity index (χ0) is 17.7. The van der Waals surface area contributed by atoms with Gasteiger partial charge in [-0.3, -0.25) is 9.59 Å². The lowest BCUT2D eigenvalue weighted by Crippen LogP contribution is -2.22. The Morgan fingerprint density at radius 1 is 1.00 bits per heavy atom. The summed E-state index contributed by atoms with van der Waals surface area (Å²) >= 11 is 0. The van der Waals surface area contributed by atoms with Crippen molar-refractivity contribution in [1.82, 2.24) is 0 Å². The first-order valence-electron chi connectivity index (χ1n) is 7.71. The Bertz CT molecular complexity index is 714. The minimum Gasteiger partial charge on any atom is -0.488 e. The molecule has 3 N–H and O–H groups in total. The Hall–Kier alpha value is -2.82. The van der Waals surface area contributed by atoms with Crippen LogP contribution >= 0.6 is 0 Å². The molecule has 24 heavy (non-hydrogen) atoms. The number of amides is 2. The van der Waals surface area contributed by atoms with Gasteiger partial charge in [0.1, 0.15) is 11.4 Å². The van der Waals surface area contributed by atoms with Crippen LogP contribution in [0.3, 0.4) is 0 Å². The molecule has 0 aromatic heterocycles. The van der Waals surface area contributed by atoms with E-state index in [1.54, 1.807) is 24.3 Å². The molecule has 2 aromatic carbocycles. The summed E-state index contributed by atoms with van der Waals surface area (Å²) in [6.07, 6.45) is 0.257. The van der Waals surface area contributed by atoms with Crippen molar-refractivity contribution in [1.29, 1.82) is 0 Å². The summed E-state index contributed by atoms with van der Waals surface area (Å²) < 4.78 is 5.75. The average molecular weight is 326 g/mol. The maximum Gasteiger partial charge on any atom is 0.248 e. The molecule has 5 nitrogen and oxygen atoms in total. The average Bonchev–Trinajstić information content (AvgIpc) is 2.48. The fraction of sp³-hybridized carbons (Fsp3) is 0.263. The molecule has 0 spiro atoms. The minimum absolute atomic E-state index is 0.133. The van der Waals surface area contributed by atoms with Crippen LogP contribution in [-0.2, 0) is 11.2 Å². The largest absolute Gasteiger partial charge is 0.488 e. The normalized spacial score (nSPS) is 11.0. The molecule has 0 saturated carbocycles. The van der Waals surface area contributed by atoms with Crippen LogP contribution < -0.4 is 15.8 Å². The summed E-state index contributed by atoms with van der Waals surface area (Å²) in [5, 5.41) is 2.79. The number of hydrogen-bond donors (Lipinski definition) is 2. The van der Waals surface area contributed by atoms with E-state index >= 15 is 0 Å². The van der Waals surface area contributed by atoms with Crippen molar-refractivity contribution >= 4 is 17.5 Å². The summed E-state index contributed by atoms with van der Waals surface area (Å²) in [5.74, 6) is 0.144. The molecule has 0 aliphatic heterocycles. The maximum atomic E-state index is 12.1. The van der Waals surface area contributed by atoms with Crippen LogP contribution in [0.1, 0.15) is 36.7 Å². The molecule has 0 bridgehead atoms. The highest BCUT2D eigenvalue weighted by molar-refractivity contribution is 5.95. The SMILES string of the molecule is CC(C)(C)Oc1ccc(CC(=O)Nc2ccc(C(N)=O)cc2)cc1. The summed E-state index contributed by atoms with van der Waals surface area (Å²) in [5.41, 5.74) is 6.85. The molecule has 0 aliphatic rings. The van der Waals surface area contributed by atoms with E-state index in [1.165, 1.54) is 0 Å². The molecule has 2 amide bonds. The lowest BCUT2D eigenvalue weighted by molar-refractivity contribution is -0.115. The molecular weight excluding hydrogens is 304 g/mol. The molecule has 0 heterocycles. The second-order valence-corrected chi connectivity index (χ2v) is 6.52. The molecule has 2 rings (SSSR count). The Kier molecular flexibility index (Phi) is 5.24. The number of primary amides is 1. The van der Waals surface area contributed by atoms with Crippen LogP contribution in [0, 0.1) is 0 Å². The Morgan fingerprint density at radius 2 is 1.58 bits per heavy atom. The Balaban J connectivity index is 1.93. The third-order valence-corrected chi connectivity index (χ3v) is 3.17. The molecule has 126 valence electrons. The third-order valence-electron chi connectivity index (χ3n) is 3.17. The molecule has 0 radical (unpaired) electrons. The van der Waals surface area contributed by atoms with Crippen molar-refractivity contribution in [2.45, 2.75) is 32.8 Å². The number of nitrogens with two attached hydrogens (primary N) is 1. The van der Waals surface area contributed by atoms with Gasteiger partial charge in [0.15, 0.2) is 0 Å². The molecule has 0 saturated heterocycles. The van der Waals surface area contributed by atoms with E-state index in [9.17, 15) is 9.59 Å². The number of nitrogens with one attached hydrogen (secondary N) is 1. The number of carbonyl (C=O) groups excluding carboxylic acids is 2. The van der Waals surface area contributed by atoms with Gasteiger partial charge in [-0.15, -0.1) is 0 Å². The van der Waals surface area contributed by atoms with Crippen LogP contribution in [0.15, 0.2) is 48.5 Å². The van der Waals surface area contributed by atoms with Crippen molar-refractivity contribution in [2.75, 3.05) is 5.32 Å². The van der Waals surface area contributed by atoms with Gasteiger partial charge >= 0.3 is 0 Å². The highest BCUT2D eigenvalue weighted by Crippen LogP contribution is 2.19. The van der Waals surface area contributed by atoms with Gasteiger partial charge in [-0.1, -0.05) is 12.1 Å². The zero-order valence-corrected chi connectivity index (χ0v) is 14.1. The monoisotopic (exact) mass is 326 g/mol. The summed E-state index contributed by atoms with van der Waals surface area (Å²) in [7, 11) is 0. The van der Waals surface area contributed by atoms with Crippen molar-refractivity contribution in [3.8, 4) is 5.75 Å². The Morgan fingerprint density at radius 3 is 2.08 bits per heavy atom. The van der Waals surface area contributed by atoms with E-state index in [1.807, 2.05) is 45.0 Å². The molecule has 5 heteroatoms. The van der Waals surface area contributed by atoms with Crippen molar-refractivity contribution in [3.63, 3.8) is 0 Å². The van der Waals surface area contributed by atoms with Gasteiger partial charge < -0.3 is 15.8 Å². The summed E-state index contributed by atoms with van der Waals surface area (Å²) in [6, 6.07) is 13.9. The third kappa shape index (κ3) is 5.43. The number of carbonyl (C=O) groups is 2. The lowest BCUT2D eigenvalue weighted by atomic mass is 10.1. The van der Waals surface area contributed by atoms with E-state index in [2.05, 4.69) is 5.32 Å². The van der Waals surface area contributed by atoms with Crippen LogP contribution in [0.25, 0.3) is 0 Å². The van der Waals surface area contributed by atoms with E-state index in [0.29, 0.717) is 11.3 Å². The van der Waals surface area contributed by atoms with E-state index in [4.69, 9.17) is 10.5 Å². The molecule has 0 unspecified atom stereocenters. The van der Waals surface area contributed by atoms with Crippen LogP contribution in [0.2, 0.25) is 0 Å². The first kappa shape index (κ1) is 17.5. The molecule has 2 aromatic rings. The van der Waals surface area contributed by atoms with Gasteiger partial charge in [0.2, 0.25) is 11.8 Å². The van der Waals surface area contributed by atoms with Gasteiger partial charge in [0.05, 0.1) is 6.42 Å². The second kappa shape index (κ2) is 7.17. The number of anilines is 1. The fourth-order valence-electron chi connectivity index (χ4n) is 2.14. The molecule has 0 fully saturated rings. The lowest BCUT2D eigenvalue weighted by Gasteiger charge is -2.21. The summed E-state index contributed by atoms with van der Waals surface area (Å²) in [6.45, 7) is 5.95. The zero-order valence-electron chi connectivity index (χ0n) is 14.1. The minimum atomic E-state index is -0.495. The summed E-state index contributed by atoms with van der Waals surface area (Å²) in [4.78, 5) is 23.1. The van der Waals surface area contributed by atoms with E-state index in [0.717, 1.165) is 11.3 Å². The van der Waals surface area contributed by atoms with E-state index < -0.39 is 5.91 Å². The molecule has 0 atom stereocenters. The molecular formula is C19H22N2O3. The standard InChI is InChI=1S/C19H22N2O3/c1-19(2,3)24-16-10-4-13(5-11-16)12-17(22)21-15-8-6-14(7-9-15)18(20)23/h4-11H,12H2,1-3H3,(H2,20,23)(H,21,22). The van der Waals surface area contributed by atoms with Crippen molar-refractivity contribution in [2.24, 2.45) is 5.73 Å². The number of rotatable bonds is 5. The highest BCUT2D eigenvalue weighted by atomic mass is 16.5. The van der Waals surface area contributed by atoms with Crippen molar-refractivity contribution in [3.05, 3.63) is 59.7 Å². The fourth-order valence-corrected chi connectivity index (χ4v) is 2.14. The van der Waals surface area contributed by atoms with Crippen LogP contribution in [0.5, 0.6) is 5.75 Å². The van der Waals surface area contributed by atoms with Gasteiger partial charge in [-0.05, 0) is 62.7 Å². The van der Waals surface area contributed by atoms with E-state index in [-0.39, 0.29) is 17.9 Å². The van der Waals surface area contributed by atoms with Gasteiger partial charge in [-0.25, -0.2) is 0 Å². The topological polar surface area (TPSA) is 81.4 Å². The molecule has 0 aliphatic carbocycles. The number of ether oxygens (including phenoxy) is 1. The van der Waals surface area contributed by atoms with Crippen molar-refractivity contribution < 1.29 is 14.3 Å². The number of benzene rings is 2. The predicted octanol–water partition coefficient (Wildman–Crippen LogP) is 3.14. The van der Waals surface area contributed by atoms with Crippen LogP contribution in [-0.4, -0.2) is 17.4 Å². The number of hydrogen-bond acceptors (Lipinski definition) is 3. The first-order valence-corrected chi connectivity index (χ1v) is 7.71. The van der Waals surface area contributed by atoms with Gasteiger partial charge in [0.25, 0.3) is 0 Å². The first-order chi connectivity index (χ1) is 11.2. The van der Waals surface area contributed by atoms with Gasteiger partial charge in [0, 0.05) is 11.3 Å². The second-order valence-electron chi connectivity index (χ2n) is 6.52. The predicted molar refractivity (Wildman–Crippen MR) is 94.1 cm³/mol. The van der Waals surface area contributed by atoms with Gasteiger partial charge in [-0.2, -0.15) is 0 Å². The smallest absolute Gasteiger partial charge is 0.248 e.